The van der Waals surface area contributed by atoms with Gasteiger partial charge in [-0.3, -0.25) is 9.20 Å². The van der Waals surface area contributed by atoms with Crippen LogP contribution in [0.5, 0.6) is 0 Å². The number of carbonyl (C=O) groups is 1. The molecule has 1 N–H and O–H groups in total. The van der Waals surface area contributed by atoms with Crippen LogP contribution < -0.4 is 5.32 Å². The molecule has 2 heterocycles. The Bertz CT molecular complexity index is 1080. The highest BCUT2D eigenvalue weighted by Gasteiger charge is 2.13. The van der Waals surface area contributed by atoms with Gasteiger partial charge >= 0.3 is 0 Å². The maximum absolute atomic E-state index is 12.5. The molecule has 0 aliphatic rings. The molecule has 4 nitrogen and oxygen atoms in total. The van der Waals surface area contributed by atoms with Crippen LogP contribution in [-0.2, 0) is 11.2 Å². The summed E-state index contributed by atoms with van der Waals surface area (Å²) in [5.74, 6) is -0.0200. The van der Waals surface area contributed by atoms with Crippen molar-refractivity contribution in [2.75, 3.05) is 5.32 Å². The number of fused-ring (bicyclic) bond motifs is 1. The van der Waals surface area contributed by atoms with Crippen molar-refractivity contribution in [3.8, 4) is 11.3 Å². The first-order chi connectivity index (χ1) is 12.6. The minimum Gasteiger partial charge on any atom is -0.326 e. The molecule has 0 aliphatic carbocycles. The number of aromatic nitrogens is 2. The SMILES string of the molecule is Cc1cccc(NC(=O)Cc2csc3nc(-c4ccccc4)cn23)c1C. The van der Waals surface area contributed by atoms with Gasteiger partial charge in [-0.2, -0.15) is 0 Å². The zero-order chi connectivity index (χ0) is 18.1. The zero-order valence-electron chi connectivity index (χ0n) is 14.7. The average molecular weight is 361 g/mol. The normalized spacial score (nSPS) is 11.0. The molecule has 0 atom stereocenters. The van der Waals surface area contributed by atoms with Gasteiger partial charge in [0, 0.05) is 28.5 Å². The number of amides is 1. The van der Waals surface area contributed by atoms with E-state index in [1.54, 1.807) is 11.3 Å². The van der Waals surface area contributed by atoms with E-state index < -0.39 is 0 Å². The largest absolute Gasteiger partial charge is 0.326 e. The van der Waals surface area contributed by atoms with Crippen LogP contribution >= 0.6 is 11.3 Å². The number of anilines is 1. The van der Waals surface area contributed by atoms with E-state index in [2.05, 4.69) is 10.3 Å². The monoisotopic (exact) mass is 361 g/mol. The van der Waals surface area contributed by atoms with Crippen LogP contribution in [0.3, 0.4) is 0 Å². The van der Waals surface area contributed by atoms with Gasteiger partial charge in [0.1, 0.15) is 0 Å². The molecular formula is C21H19N3OS. The Kier molecular flexibility index (Phi) is 4.31. The summed E-state index contributed by atoms with van der Waals surface area (Å²) in [7, 11) is 0. The van der Waals surface area contributed by atoms with E-state index in [1.165, 1.54) is 5.56 Å². The molecular weight excluding hydrogens is 342 g/mol. The summed E-state index contributed by atoms with van der Waals surface area (Å²) in [6.45, 7) is 4.07. The van der Waals surface area contributed by atoms with Gasteiger partial charge in [-0.05, 0) is 31.0 Å². The minimum atomic E-state index is -0.0200. The van der Waals surface area contributed by atoms with Crippen molar-refractivity contribution in [2.24, 2.45) is 0 Å². The Balaban J connectivity index is 1.56. The molecule has 0 radical (unpaired) electrons. The Morgan fingerprint density at radius 1 is 1.12 bits per heavy atom. The first-order valence-corrected chi connectivity index (χ1v) is 9.37. The van der Waals surface area contributed by atoms with Crippen LogP contribution in [0.15, 0.2) is 60.1 Å². The summed E-state index contributed by atoms with van der Waals surface area (Å²) in [6.07, 6.45) is 2.32. The van der Waals surface area contributed by atoms with Gasteiger partial charge in [-0.15, -0.1) is 11.3 Å². The number of carbonyl (C=O) groups excluding carboxylic acids is 1. The second-order valence-electron chi connectivity index (χ2n) is 6.34. The van der Waals surface area contributed by atoms with Crippen molar-refractivity contribution in [1.82, 2.24) is 9.38 Å². The lowest BCUT2D eigenvalue weighted by molar-refractivity contribution is -0.115. The number of aryl methyl sites for hydroxylation is 1. The average Bonchev–Trinajstić information content (AvgIpc) is 3.22. The smallest absolute Gasteiger partial charge is 0.230 e. The molecule has 0 aliphatic heterocycles. The van der Waals surface area contributed by atoms with E-state index in [1.807, 2.05) is 78.4 Å². The molecule has 26 heavy (non-hydrogen) atoms. The number of nitrogens with zero attached hydrogens (tertiary/aromatic N) is 2. The topological polar surface area (TPSA) is 46.4 Å². The number of hydrogen-bond acceptors (Lipinski definition) is 3. The summed E-state index contributed by atoms with van der Waals surface area (Å²) < 4.78 is 2.01. The molecule has 0 spiro atoms. The van der Waals surface area contributed by atoms with E-state index in [4.69, 9.17) is 0 Å². The number of rotatable bonds is 4. The standard InChI is InChI=1S/C21H19N3OS/c1-14-7-6-10-18(15(14)2)22-20(25)11-17-13-26-21-23-19(12-24(17)21)16-8-4-3-5-9-16/h3-10,12-13H,11H2,1-2H3,(H,22,25). The molecule has 130 valence electrons. The summed E-state index contributed by atoms with van der Waals surface area (Å²) in [5.41, 5.74) is 6.09. The first kappa shape index (κ1) is 16.5. The number of hydrogen-bond donors (Lipinski definition) is 1. The Labute approximate surface area is 156 Å². The lowest BCUT2D eigenvalue weighted by atomic mass is 10.1. The zero-order valence-corrected chi connectivity index (χ0v) is 15.5. The fraction of sp³-hybridized carbons (Fsp3) is 0.143. The highest BCUT2D eigenvalue weighted by Crippen LogP contribution is 2.24. The van der Waals surface area contributed by atoms with Crippen molar-refractivity contribution in [3.63, 3.8) is 0 Å². The summed E-state index contributed by atoms with van der Waals surface area (Å²) in [4.78, 5) is 18.1. The van der Waals surface area contributed by atoms with Gasteiger partial charge in [-0.25, -0.2) is 4.98 Å². The summed E-state index contributed by atoms with van der Waals surface area (Å²) in [5, 5.41) is 5.02. The third-order valence-electron chi connectivity index (χ3n) is 4.57. The predicted molar refractivity (Wildman–Crippen MR) is 107 cm³/mol. The molecule has 4 aromatic rings. The summed E-state index contributed by atoms with van der Waals surface area (Å²) >= 11 is 1.56. The van der Waals surface area contributed by atoms with Crippen molar-refractivity contribution >= 4 is 27.9 Å². The van der Waals surface area contributed by atoms with Crippen molar-refractivity contribution in [2.45, 2.75) is 20.3 Å². The maximum atomic E-state index is 12.5. The molecule has 1 amide bonds. The van der Waals surface area contributed by atoms with Crippen molar-refractivity contribution in [1.29, 1.82) is 0 Å². The van der Waals surface area contributed by atoms with Gasteiger partial charge in [0.2, 0.25) is 5.91 Å². The Hall–Kier alpha value is -2.92. The molecule has 2 aromatic heterocycles. The van der Waals surface area contributed by atoms with Crippen LogP contribution in [-0.4, -0.2) is 15.3 Å². The number of imidazole rings is 1. The fourth-order valence-electron chi connectivity index (χ4n) is 2.95. The Morgan fingerprint density at radius 2 is 1.92 bits per heavy atom. The van der Waals surface area contributed by atoms with Gasteiger partial charge in [0.05, 0.1) is 12.1 Å². The van der Waals surface area contributed by atoms with Gasteiger partial charge < -0.3 is 5.32 Å². The molecule has 5 heteroatoms. The van der Waals surface area contributed by atoms with E-state index in [-0.39, 0.29) is 5.91 Å². The number of thiazole rings is 1. The molecule has 0 fully saturated rings. The second kappa shape index (κ2) is 6.77. The van der Waals surface area contributed by atoms with Crippen molar-refractivity contribution in [3.05, 3.63) is 76.9 Å². The molecule has 2 aromatic carbocycles. The van der Waals surface area contributed by atoms with Crippen molar-refractivity contribution < 1.29 is 4.79 Å². The third-order valence-corrected chi connectivity index (χ3v) is 5.46. The van der Waals surface area contributed by atoms with Gasteiger partial charge in [0.15, 0.2) is 4.96 Å². The van der Waals surface area contributed by atoms with E-state index in [0.29, 0.717) is 6.42 Å². The van der Waals surface area contributed by atoms with Gasteiger partial charge in [0.25, 0.3) is 0 Å². The van der Waals surface area contributed by atoms with E-state index >= 15 is 0 Å². The number of nitrogens with one attached hydrogen (secondary N) is 1. The molecule has 4 rings (SSSR count). The highest BCUT2D eigenvalue weighted by molar-refractivity contribution is 7.15. The van der Waals surface area contributed by atoms with Crippen LogP contribution in [0.2, 0.25) is 0 Å². The second-order valence-corrected chi connectivity index (χ2v) is 7.18. The summed E-state index contributed by atoms with van der Waals surface area (Å²) in [6, 6.07) is 16.0. The predicted octanol–water partition coefficient (Wildman–Crippen LogP) is 4.86. The fourth-order valence-corrected chi connectivity index (χ4v) is 3.82. The Morgan fingerprint density at radius 3 is 2.73 bits per heavy atom. The molecule has 0 saturated carbocycles. The number of benzene rings is 2. The lowest BCUT2D eigenvalue weighted by Gasteiger charge is -2.10. The van der Waals surface area contributed by atoms with Gasteiger partial charge in [-0.1, -0.05) is 42.5 Å². The molecule has 0 saturated heterocycles. The molecule has 0 bridgehead atoms. The lowest BCUT2D eigenvalue weighted by Crippen LogP contribution is -2.16. The van der Waals surface area contributed by atoms with Crippen LogP contribution in [0.4, 0.5) is 5.69 Å². The van der Waals surface area contributed by atoms with Crippen LogP contribution in [0.25, 0.3) is 16.2 Å². The minimum absolute atomic E-state index is 0.0200. The quantitative estimate of drug-likeness (QED) is 0.564. The van der Waals surface area contributed by atoms with E-state index in [0.717, 1.165) is 33.2 Å². The van der Waals surface area contributed by atoms with Crippen LogP contribution in [0, 0.1) is 13.8 Å². The highest BCUT2D eigenvalue weighted by atomic mass is 32.1. The third kappa shape index (κ3) is 3.13. The maximum Gasteiger partial charge on any atom is 0.230 e. The molecule has 0 unspecified atom stereocenters. The van der Waals surface area contributed by atoms with Crippen LogP contribution in [0.1, 0.15) is 16.8 Å². The first-order valence-electron chi connectivity index (χ1n) is 8.49. The van der Waals surface area contributed by atoms with E-state index in [9.17, 15) is 4.79 Å².